The SMILES string of the molecule is C=CCSC1=NN2C(=c3ccccc3=NC2c2ccc(OC)cc2OC)C(=O)N1. The van der Waals surface area contributed by atoms with Gasteiger partial charge in [-0.2, -0.15) is 0 Å². The van der Waals surface area contributed by atoms with E-state index >= 15 is 0 Å². The van der Waals surface area contributed by atoms with E-state index < -0.39 is 6.17 Å². The molecule has 2 aliphatic heterocycles. The maximum atomic E-state index is 13.0. The van der Waals surface area contributed by atoms with Gasteiger partial charge in [0, 0.05) is 22.6 Å². The second-order valence-corrected chi connectivity index (χ2v) is 7.29. The van der Waals surface area contributed by atoms with E-state index in [2.05, 4.69) is 17.0 Å². The van der Waals surface area contributed by atoms with Gasteiger partial charge < -0.3 is 9.47 Å². The Morgan fingerprint density at radius 2 is 2.07 bits per heavy atom. The molecule has 1 N–H and O–H groups in total. The number of ether oxygens (including phenoxy) is 2. The summed E-state index contributed by atoms with van der Waals surface area (Å²) < 4.78 is 10.9. The van der Waals surface area contributed by atoms with Crippen LogP contribution in [0.3, 0.4) is 0 Å². The van der Waals surface area contributed by atoms with Crippen LogP contribution in [0.15, 0.2) is 65.2 Å². The van der Waals surface area contributed by atoms with Crippen LogP contribution in [0.5, 0.6) is 11.5 Å². The van der Waals surface area contributed by atoms with Crippen molar-refractivity contribution in [3.8, 4) is 11.5 Å². The van der Waals surface area contributed by atoms with E-state index in [4.69, 9.17) is 14.5 Å². The molecule has 0 bridgehead atoms. The maximum absolute atomic E-state index is 13.0. The van der Waals surface area contributed by atoms with Gasteiger partial charge in [0.2, 0.25) is 0 Å². The molecular weight excluding hydrogens is 388 g/mol. The summed E-state index contributed by atoms with van der Waals surface area (Å²) >= 11 is 1.40. The fourth-order valence-electron chi connectivity index (χ4n) is 3.26. The number of hydrazone groups is 1. The van der Waals surface area contributed by atoms with Gasteiger partial charge in [0.15, 0.2) is 11.3 Å². The second kappa shape index (κ2) is 8.00. The number of amidine groups is 1. The van der Waals surface area contributed by atoms with Crippen LogP contribution < -0.4 is 25.4 Å². The number of thioether (sulfide) groups is 1. The van der Waals surface area contributed by atoms with Crippen LogP contribution in [0.1, 0.15) is 11.7 Å². The van der Waals surface area contributed by atoms with Gasteiger partial charge in [0.1, 0.15) is 17.2 Å². The van der Waals surface area contributed by atoms with Gasteiger partial charge in [-0.1, -0.05) is 36.0 Å². The Morgan fingerprint density at radius 3 is 2.83 bits per heavy atom. The summed E-state index contributed by atoms with van der Waals surface area (Å²) in [7, 11) is 3.20. The van der Waals surface area contributed by atoms with E-state index in [1.165, 1.54) is 11.8 Å². The number of amides is 1. The smallest absolute Gasteiger partial charge is 0.276 e. The predicted octanol–water partition coefficient (Wildman–Crippen LogP) is 1.77. The van der Waals surface area contributed by atoms with E-state index in [0.29, 0.717) is 28.1 Å². The highest BCUT2D eigenvalue weighted by molar-refractivity contribution is 8.14. The normalized spacial score (nSPS) is 17.4. The standard InChI is InChI=1S/C21H20N4O3S/c1-4-11-29-21-23-20(26)18-14-7-5-6-8-16(14)22-19(25(18)24-21)15-10-9-13(27-2)12-17(15)28-3/h4-10,12,19H,1,11H2,2-3H3,(H,23,24,26). The lowest BCUT2D eigenvalue weighted by Gasteiger charge is -2.34. The number of fused-ring (bicyclic) bond motifs is 2. The van der Waals surface area contributed by atoms with E-state index in [1.807, 2.05) is 36.4 Å². The largest absolute Gasteiger partial charge is 0.497 e. The third-order valence-corrected chi connectivity index (χ3v) is 5.43. The molecule has 8 heteroatoms. The number of para-hydroxylation sites is 1. The number of carbonyl (C=O) groups is 1. The van der Waals surface area contributed by atoms with Crippen molar-refractivity contribution in [2.75, 3.05) is 20.0 Å². The lowest BCUT2D eigenvalue weighted by Crippen LogP contribution is -2.50. The number of methoxy groups -OCH3 is 2. The first-order valence-electron chi connectivity index (χ1n) is 8.98. The molecule has 0 radical (unpaired) electrons. The highest BCUT2D eigenvalue weighted by Gasteiger charge is 2.35. The van der Waals surface area contributed by atoms with E-state index in [1.54, 1.807) is 31.4 Å². The summed E-state index contributed by atoms with van der Waals surface area (Å²) in [6, 6.07) is 13.1. The third-order valence-electron chi connectivity index (χ3n) is 4.57. The Hall–Kier alpha value is -3.26. The van der Waals surface area contributed by atoms with Crippen LogP contribution in [-0.4, -0.2) is 36.1 Å². The van der Waals surface area contributed by atoms with Gasteiger partial charge in [-0.15, -0.1) is 11.7 Å². The number of hydrogen-bond donors (Lipinski definition) is 1. The minimum atomic E-state index is -0.550. The molecule has 2 heterocycles. The molecule has 0 fully saturated rings. The van der Waals surface area contributed by atoms with Crippen molar-refractivity contribution in [1.29, 1.82) is 0 Å². The summed E-state index contributed by atoms with van der Waals surface area (Å²) in [5, 5.41) is 11.2. The molecule has 4 rings (SSSR count). The molecule has 148 valence electrons. The molecule has 29 heavy (non-hydrogen) atoms. The molecule has 7 nitrogen and oxygen atoms in total. The van der Waals surface area contributed by atoms with Gasteiger partial charge in [0.25, 0.3) is 5.91 Å². The van der Waals surface area contributed by atoms with Crippen molar-refractivity contribution in [1.82, 2.24) is 10.3 Å². The molecule has 0 spiro atoms. The van der Waals surface area contributed by atoms with Crippen LogP contribution in [-0.2, 0) is 4.79 Å². The zero-order valence-electron chi connectivity index (χ0n) is 16.1. The minimum absolute atomic E-state index is 0.216. The van der Waals surface area contributed by atoms with Crippen molar-refractivity contribution in [3.05, 3.63) is 71.3 Å². The monoisotopic (exact) mass is 408 g/mol. The van der Waals surface area contributed by atoms with Crippen LogP contribution in [0.4, 0.5) is 0 Å². The van der Waals surface area contributed by atoms with Gasteiger partial charge in [-0.3, -0.25) is 15.1 Å². The predicted molar refractivity (Wildman–Crippen MR) is 113 cm³/mol. The first-order chi connectivity index (χ1) is 14.2. The van der Waals surface area contributed by atoms with Crippen molar-refractivity contribution in [3.63, 3.8) is 0 Å². The molecular formula is C21H20N4O3S. The molecule has 2 aliphatic rings. The Balaban J connectivity index is 1.92. The number of carbonyl (C=O) groups excluding carboxylic acids is 1. The third kappa shape index (κ3) is 3.47. The minimum Gasteiger partial charge on any atom is -0.497 e. The quantitative estimate of drug-likeness (QED) is 0.763. The van der Waals surface area contributed by atoms with E-state index in [-0.39, 0.29) is 5.91 Å². The first kappa shape index (κ1) is 19.1. The van der Waals surface area contributed by atoms with E-state index in [9.17, 15) is 4.79 Å². The maximum Gasteiger partial charge on any atom is 0.276 e. The Bertz CT molecular complexity index is 1130. The lowest BCUT2D eigenvalue weighted by atomic mass is 10.1. The van der Waals surface area contributed by atoms with Gasteiger partial charge in [-0.25, -0.2) is 5.01 Å². The number of benzene rings is 2. The van der Waals surface area contributed by atoms with Crippen molar-refractivity contribution in [2.24, 2.45) is 10.1 Å². The Kier molecular flexibility index (Phi) is 5.26. The van der Waals surface area contributed by atoms with Gasteiger partial charge in [0.05, 0.1) is 19.6 Å². The zero-order valence-corrected chi connectivity index (χ0v) is 16.9. The van der Waals surface area contributed by atoms with Crippen LogP contribution in [0, 0.1) is 0 Å². The number of nitrogens with zero attached hydrogens (tertiary/aromatic N) is 3. The van der Waals surface area contributed by atoms with Crippen LogP contribution in [0.2, 0.25) is 0 Å². The fourth-order valence-corrected chi connectivity index (χ4v) is 3.85. The average molecular weight is 408 g/mol. The Morgan fingerprint density at radius 1 is 1.24 bits per heavy atom. The number of rotatable bonds is 5. The van der Waals surface area contributed by atoms with Crippen LogP contribution >= 0.6 is 11.8 Å². The van der Waals surface area contributed by atoms with Crippen molar-refractivity contribution >= 4 is 28.5 Å². The first-order valence-corrected chi connectivity index (χ1v) is 9.97. The molecule has 0 aromatic heterocycles. The number of hydrogen-bond acceptors (Lipinski definition) is 7. The topological polar surface area (TPSA) is 75.5 Å². The summed E-state index contributed by atoms with van der Waals surface area (Å²) in [6.07, 6.45) is 1.21. The zero-order chi connectivity index (χ0) is 20.4. The van der Waals surface area contributed by atoms with E-state index in [0.717, 1.165) is 16.1 Å². The molecule has 1 amide bonds. The van der Waals surface area contributed by atoms with Gasteiger partial charge in [-0.05, 0) is 18.2 Å². The molecule has 2 aromatic rings. The summed E-state index contributed by atoms with van der Waals surface area (Å²) in [4.78, 5) is 17.9. The highest BCUT2D eigenvalue weighted by Crippen LogP contribution is 2.37. The average Bonchev–Trinajstić information content (AvgIpc) is 2.76. The summed E-state index contributed by atoms with van der Waals surface area (Å²) in [5.41, 5.74) is 1.24. The molecule has 1 atom stereocenters. The highest BCUT2D eigenvalue weighted by atomic mass is 32.2. The fraction of sp³-hybridized carbons (Fsp3) is 0.190. The lowest BCUT2D eigenvalue weighted by molar-refractivity contribution is -0.116. The molecule has 2 aromatic carbocycles. The molecule has 1 unspecified atom stereocenters. The number of nitrogens with one attached hydrogen (secondary N) is 1. The van der Waals surface area contributed by atoms with Crippen molar-refractivity contribution < 1.29 is 14.3 Å². The summed E-state index contributed by atoms with van der Waals surface area (Å²) in [5.74, 6) is 1.70. The molecule has 0 aliphatic carbocycles. The second-order valence-electron chi connectivity index (χ2n) is 6.28. The van der Waals surface area contributed by atoms with Gasteiger partial charge >= 0.3 is 0 Å². The van der Waals surface area contributed by atoms with Crippen LogP contribution in [0.25, 0.3) is 5.70 Å². The molecule has 0 saturated heterocycles. The molecule has 0 saturated carbocycles. The van der Waals surface area contributed by atoms with Crippen molar-refractivity contribution in [2.45, 2.75) is 6.17 Å². The summed E-state index contributed by atoms with van der Waals surface area (Å²) in [6.45, 7) is 3.72. The Labute approximate surface area is 172 Å².